The van der Waals surface area contributed by atoms with Crippen molar-refractivity contribution in [2.75, 3.05) is 23.7 Å². The predicted octanol–water partition coefficient (Wildman–Crippen LogP) is 2.79. The molecule has 0 fully saturated rings. The van der Waals surface area contributed by atoms with Crippen molar-refractivity contribution in [3.05, 3.63) is 59.9 Å². The van der Waals surface area contributed by atoms with Gasteiger partial charge < -0.3 is 16.0 Å². The summed E-state index contributed by atoms with van der Waals surface area (Å²) in [6.07, 6.45) is 3.13. The zero-order valence-electron chi connectivity index (χ0n) is 15.3. The Bertz CT molecular complexity index is 970. The quantitative estimate of drug-likeness (QED) is 0.565. The Morgan fingerprint density at radius 3 is 2.46 bits per heavy atom. The number of aryl methyl sites for hydroxylation is 1. The number of carbonyl (C=O) groups is 1. The summed E-state index contributed by atoms with van der Waals surface area (Å²) >= 11 is 0. The fourth-order valence-electron chi connectivity index (χ4n) is 2.47. The Hall–Kier alpha value is -3.56. The van der Waals surface area contributed by atoms with E-state index in [2.05, 4.69) is 30.9 Å². The molecule has 0 saturated carbocycles. The van der Waals surface area contributed by atoms with Crippen molar-refractivity contribution in [3.8, 4) is 5.82 Å². The van der Waals surface area contributed by atoms with Gasteiger partial charge in [0.1, 0.15) is 35.9 Å². The first kappa shape index (κ1) is 19.2. The number of anilines is 2. The average Bonchev–Trinajstić information content (AvgIpc) is 2.97. The van der Waals surface area contributed by atoms with Crippen LogP contribution in [0.15, 0.2) is 36.9 Å². The number of benzene rings is 1. The van der Waals surface area contributed by atoms with Gasteiger partial charge in [-0.25, -0.2) is 28.5 Å². The summed E-state index contributed by atoms with van der Waals surface area (Å²) in [4.78, 5) is 24.4. The number of nitrogens with one attached hydrogen (secondary N) is 3. The molecule has 8 nitrogen and oxygen atoms in total. The van der Waals surface area contributed by atoms with Gasteiger partial charge in [0.15, 0.2) is 0 Å². The molecule has 0 aliphatic carbocycles. The van der Waals surface area contributed by atoms with Crippen LogP contribution in [-0.4, -0.2) is 38.6 Å². The molecular formula is C18H19F2N7O. The van der Waals surface area contributed by atoms with Gasteiger partial charge in [-0.05, 0) is 26.0 Å². The Morgan fingerprint density at radius 2 is 1.79 bits per heavy atom. The molecule has 0 aliphatic rings. The number of hydrogen-bond acceptors (Lipinski definition) is 5. The van der Waals surface area contributed by atoms with E-state index in [9.17, 15) is 13.6 Å². The third-order valence-electron chi connectivity index (χ3n) is 3.99. The van der Waals surface area contributed by atoms with Crippen molar-refractivity contribution in [1.29, 1.82) is 0 Å². The number of imidazole rings is 1. The normalized spacial score (nSPS) is 10.6. The molecule has 0 atom stereocenters. The summed E-state index contributed by atoms with van der Waals surface area (Å²) in [5.41, 5.74) is 1.94. The number of nitrogens with zero attached hydrogens (tertiary/aromatic N) is 4. The molecule has 28 heavy (non-hydrogen) atoms. The average molecular weight is 387 g/mol. The van der Waals surface area contributed by atoms with Gasteiger partial charge >= 0.3 is 6.03 Å². The van der Waals surface area contributed by atoms with Crippen molar-refractivity contribution in [3.63, 3.8) is 0 Å². The fraction of sp³-hybridized carbons (Fsp3) is 0.222. The Kier molecular flexibility index (Phi) is 5.78. The summed E-state index contributed by atoms with van der Waals surface area (Å²) in [6, 6.07) is 3.99. The second kappa shape index (κ2) is 8.42. The summed E-state index contributed by atoms with van der Waals surface area (Å²) in [5, 5.41) is 8.02. The van der Waals surface area contributed by atoms with Crippen LogP contribution in [0.25, 0.3) is 5.82 Å². The molecule has 0 spiro atoms. The zero-order valence-corrected chi connectivity index (χ0v) is 15.3. The van der Waals surface area contributed by atoms with Crippen molar-refractivity contribution in [1.82, 2.24) is 24.8 Å². The number of amides is 2. The maximum atomic E-state index is 13.1. The van der Waals surface area contributed by atoms with Crippen LogP contribution in [0.5, 0.6) is 0 Å². The second-order valence-corrected chi connectivity index (χ2v) is 6.01. The Labute approximate surface area is 160 Å². The zero-order chi connectivity index (χ0) is 20.1. The van der Waals surface area contributed by atoms with Gasteiger partial charge in [0.05, 0.1) is 5.69 Å². The third kappa shape index (κ3) is 4.78. The molecule has 0 saturated heterocycles. The van der Waals surface area contributed by atoms with Crippen LogP contribution >= 0.6 is 0 Å². The van der Waals surface area contributed by atoms with E-state index in [0.717, 1.165) is 29.6 Å². The van der Waals surface area contributed by atoms with Crippen LogP contribution in [-0.2, 0) is 0 Å². The summed E-state index contributed by atoms with van der Waals surface area (Å²) < 4.78 is 28.1. The SMILES string of the molecule is Cc1ncn(-c2cc(NCCNC(=O)Nc3cc(F)cc(F)c3)ncn2)c1C. The topological polar surface area (TPSA) is 96.8 Å². The Morgan fingerprint density at radius 1 is 1.04 bits per heavy atom. The number of urea groups is 1. The smallest absolute Gasteiger partial charge is 0.319 e. The van der Waals surface area contributed by atoms with E-state index < -0.39 is 17.7 Å². The molecule has 0 radical (unpaired) electrons. The number of carbonyl (C=O) groups excluding carboxylic acids is 1. The van der Waals surface area contributed by atoms with Crippen molar-refractivity contribution in [2.45, 2.75) is 13.8 Å². The molecule has 10 heteroatoms. The van der Waals surface area contributed by atoms with E-state index in [1.807, 2.05) is 18.4 Å². The minimum Gasteiger partial charge on any atom is -0.368 e. The summed E-state index contributed by atoms with van der Waals surface area (Å²) in [6.45, 7) is 4.53. The van der Waals surface area contributed by atoms with Crippen molar-refractivity contribution >= 4 is 17.5 Å². The molecule has 1 aromatic carbocycles. The first-order chi connectivity index (χ1) is 13.4. The molecule has 0 bridgehead atoms. The van der Waals surface area contributed by atoms with E-state index in [0.29, 0.717) is 18.2 Å². The van der Waals surface area contributed by atoms with E-state index in [-0.39, 0.29) is 12.2 Å². The van der Waals surface area contributed by atoms with Crippen LogP contribution in [0.2, 0.25) is 0 Å². The first-order valence-corrected chi connectivity index (χ1v) is 8.50. The highest BCUT2D eigenvalue weighted by molar-refractivity contribution is 5.89. The van der Waals surface area contributed by atoms with Gasteiger partial charge in [0.2, 0.25) is 0 Å². The predicted molar refractivity (Wildman–Crippen MR) is 100 cm³/mol. The largest absolute Gasteiger partial charge is 0.368 e. The number of aromatic nitrogens is 4. The molecule has 2 heterocycles. The Balaban J connectivity index is 1.49. The lowest BCUT2D eigenvalue weighted by molar-refractivity contribution is 0.252. The molecule has 2 amide bonds. The molecule has 0 unspecified atom stereocenters. The maximum Gasteiger partial charge on any atom is 0.319 e. The lowest BCUT2D eigenvalue weighted by atomic mass is 10.3. The van der Waals surface area contributed by atoms with Crippen LogP contribution in [0.4, 0.5) is 25.1 Å². The van der Waals surface area contributed by atoms with Crippen LogP contribution in [0.1, 0.15) is 11.4 Å². The van der Waals surface area contributed by atoms with Crippen LogP contribution in [0, 0.1) is 25.5 Å². The molecule has 146 valence electrons. The number of halogens is 2. The van der Waals surface area contributed by atoms with E-state index in [4.69, 9.17) is 0 Å². The number of hydrogen-bond donors (Lipinski definition) is 3. The molecule has 2 aromatic heterocycles. The van der Waals surface area contributed by atoms with Gasteiger partial charge in [0, 0.05) is 36.6 Å². The van der Waals surface area contributed by atoms with Gasteiger partial charge in [-0.1, -0.05) is 0 Å². The lowest BCUT2D eigenvalue weighted by Crippen LogP contribution is -2.32. The second-order valence-electron chi connectivity index (χ2n) is 6.01. The van der Waals surface area contributed by atoms with Crippen molar-refractivity contribution in [2.24, 2.45) is 0 Å². The lowest BCUT2D eigenvalue weighted by Gasteiger charge is -2.10. The monoisotopic (exact) mass is 387 g/mol. The van der Waals surface area contributed by atoms with Gasteiger partial charge in [-0.15, -0.1) is 0 Å². The minimum absolute atomic E-state index is 0.0365. The van der Waals surface area contributed by atoms with E-state index in [1.54, 1.807) is 12.4 Å². The highest BCUT2D eigenvalue weighted by Crippen LogP contribution is 2.14. The molecule has 3 rings (SSSR count). The van der Waals surface area contributed by atoms with Crippen LogP contribution < -0.4 is 16.0 Å². The van der Waals surface area contributed by atoms with Gasteiger partial charge in [-0.2, -0.15) is 0 Å². The fourth-order valence-corrected chi connectivity index (χ4v) is 2.47. The third-order valence-corrected chi connectivity index (χ3v) is 3.99. The summed E-state index contributed by atoms with van der Waals surface area (Å²) in [7, 11) is 0. The summed E-state index contributed by atoms with van der Waals surface area (Å²) in [5.74, 6) is -0.265. The van der Waals surface area contributed by atoms with E-state index in [1.165, 1.54) is 6.33 Å². The molecule has 3 N–H and O–H groups in total. The number of rotatable bonds is 6. The van der Waals surface area contributed by atoms with Crippen molar-refractivity contribution < 1.29 is 13.6 Å². The van der Waals surface area contributed by atoms with Crippen LogP contribution in [0.3, 0.4) is 0 Å². The van der Waals surface area contributed by atoms with Gasteiger partial charge in [-0.3, -0.25) is 4.57 Å². The van der Waals surface area contributed by atoms with E-state index >= 15 is 0 Å². The standard InChI is InChI=1S/C18H19F2N7O/c1-11-12(2)27(10-25-11)17-8-16(23-9-24-17)21-3-4-22-18(28)26-15-6-13(19)5-14(20)7-15/h5-10H,3-4H2,1-2H3,(H,21,23,24)(H2,22,26,28). The molecule has 3 aromatic rings. The first-order valence-electron chi connectivity index (χ1n) is 8.50. The maximum absolute atomic E-state index is 13.1. The minimum atomic E-state index is -0.764. The highest BCUT2D eigenvalue weighted by atomic mass is 19.1. The highest BCUT2D eigenvalue weighted by Gasteiger charge is 2.07. The molecule has 0 aliphatic heterocycles. The molecular weight excluding hydrogens is 368 g/mol. The van der Waals surface area contributed by atoms with Gasteiger partial charge in [0.25, 0.3) is 0 Å².